The Morgan fingerprint density at radius 1 is 1.03 bits per heavy atom. The lowest BCUT2D eigenvalue weighted by Gasteiger charge is -2.52. The zero-order valence-corrected chi connectivity index (χ0v) is 20.6. The molecular weight excluding hydrogens is 388 g/mol. The number of hydroxylamine groups is 2. The average Bonchev–Trinajstić information content (AvgIpc) is 3.25. The quantitative estimate of drug-likeness (QED) is 0.457. The van der Waals surface area contributed by atoms with E-state index in [2.05, 4.69) is 89.2 Å². The highest BCUT2D eigenvalue weighted by Gasteiger charge is 2.87. The van der Waals surface area contributed by atoms with Crippen LogP contribution in [0.15, 0.2) is 30.3 Å². The van der Waals surface area contributed by atoms with Crippen molar-refractivity contribution in [1.82, 2.24) is 10.4 Å². The summed E-state index contributed by atoms with van der Waals surface area (Å²) in [6, 6.07) is 10.8. The molecule has 0 saturated carbocycles. The van der Waals surface area contributed by atoms with Gasteiger partial charge in [-0.05, 0) is 53.5 Å². The molecular formula is C26H42N2O3. The minimum absolute atomic E-state index is 0.112. The Hall–Kier alpha value is -0.980. The summed E-state index contributed by atoms with van der Waals surface area (Å²) in [5.41, 5.74) is -0.256. The summed E-state index contributed by atoms with van der Waals surface area (Å²) in [5, 5.41) is 5.85. The summed E-state index contributed by atoms with van der Waals surface area (Å²) in [7, 11) is 0. The summed E-state index contributed by atoms with van der Waals surface area (Å²) in [6.45, 7) is 16.0. The molecule has 5 heteroatoms. The lowest BCUT2D eigenvalue weighted by molar-refractivity contribution is -0.410. The van der Waals surface area contributed by atoms with Crippen LogP contribution in [0, 0.1) is 0 Å². The zero-order valence-electron chi connectivity index (χ0n) is 20.6. The first-order valence-corrected chi connectivity index (χ1v) is 12.2. The number of epoxide rings is 1. The van der Waals surface area contributed by atoms with Crippen molar-refractivity contribution in [2.24, 2.45) is 0 Å². The van der Waals surface area contributed by atoms with E-state index in [4.69, 9.17) is 14.3 Å². The molecule has 3 aliphatic heterocycles. The van der Waals surface area contributed by atoms with E-state index >= 15 is 0 Å². The molecule has 0 radical (unpaired) electrons. The highest BCUT2D eigenvalue weighted by atomic mass is 16.9. The van der Waals surface area contributed by atoms with Gasteiger partial charge >= 0.3 is 0 Å². The van der Waals surface area contributed by atoms with Gasteiger partial charge < -0.3 is 9.47 Å². The van der Waals surface area contributed by atoms with E-state index in [9.17, 15) is 0 Å². The standard InChI is InChI=1S/C26H42N2O3/c1-8-9-10-11-15-18-21-25(20-16-13-12-14-17-20)24(7,30-25)26(27-23(5,6)19-29-26)31-28(21)22(2,3)4/h12-14,16-17,21,27H,8-11,15,18-19H2,1-7H3/t21-,24-,25-,26+/m0/s1. The second kappa shape index (κ2) is 7.81. The minimum atomic E-state index is -1.00. The molecule has 3 aliphatic rings. The van der Waals surface area contributed by atoms with Crippen LogP contribution in [-0.4, -0.2) is 40.3 Å². The second-order valence-electron chi connectivity index (χ2n) is 11.5. The number of nitrogens with zero attached hydrogens (tertiary/aromatic N) is 1. The van der Waals surface area contributed by atoms with Crippen LogP contribution in [-0.2, 0) is 19.9 Å². The first-order chi connectivity index (χ1) is 14.5. The molecule has 174 valence electrons. The predicted octanol–water partition coefficient (Wildman–Crippen LogP) is 5.50. The van der Waals surface area contributed by atoms with Crippen LogP contribution < -0.4 is 5.32 Å². The van der Waals surface area contributed by atoms with Crippen LogP contribution in [0.4, 0.5) is 0 Å². The summed E-state index contributed by atoms with van der Waals surface area (Å²) in [4.78, 5) is 6.80. The Kier molecular flexibility index (Phi) is 5.84. The maximum atomic E-state index is 6.83. The Morgan fingerprint density at radius 2 is 1.71 bits per heavy atom. The summed E-state index contributed by atoms with van der Waals surface area (Å²) < 4.78 is 13.3. The molecule has 1 aromatic rings. The molecule has 0 bridgehead atoms. The Balaban J connectivity index is 1.74. The van der Waals surface area contributed by atoms with Crippen molar-refractivity contribution in [2.45, 2.75) is 121 Å². The largest absolute Gasteiger partial charge is 0.348 e. The molecule has 3 heterocycles. The van der Waals surface area contributed by atoms with Crippen LogP contribution in [0.3, 0.4) is 0 Å². The zero-order chi connectivity index (χ0) is 22.5. The lowest BCUT2D eigenvalue weighted by Crippen LogP contribution is -2.72. The van der Waals surface area contributed by atoms with Crippen molar-refractivity contribution in [3.63, 3.8) is 0 Å². The number of fused-ring (bicyclic) bond motifs is 2. The van der Waals surface area contributed by atoms with Crippen LogP contribution in [0.5, 0.6) is 0 Å². The predicted molar refractivity (Wildman–Crippen MR) is 123 cm³/mol. The smallest absolute Gasteiger partial charge is 0.278 e. The number of hydrogen-bond donors (Lipinski definition) is 1. The molecule has 1 aromatic carbocycles. The van der Waals surface area contributed by atoms with Gasteiger partial charge in [-0.15, -0.1) is 0 Å². The van der Waals surface area contributed by atoms with Crippen molar-refractivity contribution in [1.29, 1.82) is 0 Å². The Labute approximate surface area is 188 Å². The van der Waals surface area contributed by atoms with E-state index < -0.39 is 17.1 Å². The lowest BCUT2D eigenvalue weighted by atomic mass is 9.75. The van der Waals surface area contributed by atoms with Crippen LogP contribution in [0.1, 0.15) is 92.6 Å². The van der Waals surface area contributed by atoms with Gasteiger partial charge in [-0.1, -0.05) is 69.4 Å². The van der Waals surface area contributed by atoms with E-state index in [0.29, 0.717) is 6.61 Å². The van der Waals surface area contributed by atoms with Gasteiger partial charge in [0.05, 0.1) is 12.6 Å². The third-order valence-corrected chi connectivity index (χ3v) is 7.22. The van der Waals surface area contributed by atoms with Crippen LogP contribution >= 0.6 is 0 Å². The van der Waals surface area contributed by atoms with Gasteiger partial charge in [-0.25, -0.2) is 4.84 Å². The fraction of sp³-hybridized carbons (Fsp3) is 0.769. The normalized spacial score (nSPS) is 37.2. The van der Waals surface area contributed by atoms with Crippen molar-refractivity contribution < 1.29 is 14.3 Å². The van der Waals surface area contributed by atoms with Crippen molar-refractivity contribution in [3.05, 3.63) is 35.9 Å². The number of rotatable bonds is 7. The van der Waals surface area contributed by atoms with E-state index in [1.807, 2.05) is 0 Å². The van der Waals surface area contributed by atoms with Crippen molar-refractivity contribution in [3.8, 4) is 0 Å². The number of benzene rings is 1. The second-order valence-corrected chi connectivity index (χ2v) is 11.5. The van der Waals surface area contributed by atoms with Crippen molar-refractivity contribution in [2.75, 3.05) is 6.61 Å². The number of ether oxygens (including phenoxy) is 2. The monoisotopic (exact) mass is 430 g/mol. The summed E-state index contributed by atoms with van der Waals surface area (Å²) in [5.74, 6) is -1.00. The molecule has 3 fully saturated rings. The molecule has 4 atom stereocenters. The molecule has 0 aliphatic carbocycles. The fourth-order valence-electron chi connectivity index (χ4n) is 5.63. The van der Waals surface area contributed by atoms with Gasteiger partial charge in [-0.2, -0.15) is 5.06 Å². The molecule has 1 N–H and O–H groups in total. The minimum Gasteiger partial charge on any atom is -0.348 e. The first-order valence-electron chi connectivity index (χ1n) is 12.2. The Bertz CT molecular complexity index is 777. The number of nitrogens with one attached hydrogen (secondary N) is 1. The van der Waals surface area contributed by atoms with Gasteiger partial charge in [0.1, 0.15) is 5.60 Å². The SMILES string of the molecule is CCCCCCC[C@@H]1N(C(C)(C)C)O[C@@]2(NC(C)(C)CO2)[C@@]2(C)O[C@@]12c1ccccc1. The van der Waals surface area contributed by atoms with Gasteiger partial charge in [-0.3, -0.25) is 5.32 Å². The van der Waals surface area contributed by atoms with E-state index in [1.165, 1.54) is 37.7 Å². The highest BCUT2D eigenvalue weighted by Crippen LogP contribution is 2.69. The van der Waals surface area contributed by atoms with Crippen molar-refractivity contribution >= 4 is 0 Å². The summed E-state index contributed by atoms with van der Waals surface area (Å²) in [6.07, 6.45) is 7.30. The van der Waals surface area contributed by atoms with E-state index in [0.717, 1.165) is 6.42 Å². The number of hydrogen-bond acceptors (Lipinski definition) is 5. The summed E-state index contributed by atoms with van der Waals surface area (Å²) >= 11 is 0. The highest BCUT2D eigenvalue weighted by molar-refractivity contribution is 5.40. The molecule has 31 heavy (non-hydrogen) atoms. The molecule has 1 spiro atoms. The topological polar surface area (TPSA) is 46.3 Å². The molecule has 0 amide bonds. The average molecular weight is 431 g/mol. The molecule has 0 unspecified atom stereocenters. The fourth-order valence-corrected chi connectivity index (χ4v) is 5.63. The molecule has 3 saturated heterocycles. The van der Waals surface area contributed by atoms with E-state index in [1.54, 1.807) is 0 Å². The molecule has 5 nitrogen and oxygen atoms in total. The van der Waals surface area contributed by atoms with Crippen LogP contribution in [0.2, 0.25) is 0 Å². The third kappa shape index (κ3) is 3.67. The maximum absolute atomic E-state index is 6.83. The first kappa shape index (κ1) is 23.2. The maximum Gasteiger partial charge on any atom is 0.278 e. The van der Waals surface area contributed by atoms with Gasteiger partial charge in [0.25, 0.3) is 5.91 Å². The molecule has 0 aromatic heterocycles. The van der Waals surface area contributed by atoms with Gasteiger partial charge in [0.15, 0.2) is 5.60 Å². The van der Waals surface area contributed by atoms with E-state index in [-0.39, 0.29) is 17.1 Å². The molecule has 4 rings (SSSR count). The third-order valence-electron chi connectivity index (χ3n) is 7.22. The number of unbranched alkanes of at least 4 members (excludes halogenated alkanes) is 4. The van der Waals surface area contributed by atoms with Crippen LogP contribution in [0.25, 0.3) is 0 Å². The van der Waals surface area contributed by atoms with Gasteiger partial charge in [0.2, 0.25) is 0 Å². The Morgan fingerprint density at radius 3 is 2.29 bits per heavy atom. The van der Waals surface area contributed by atoms with Gasteiger partial charge in [0, 0.05) is 11.1 Å².